The number of rotatable bonds is 4. The molecule has 0 spiro atoms. The van der Waals surface area contributed by atoms with E-state index in [2.05, 4.69) is 25.6 Å². The van der Waals surface area contributed by atoms with E-state index >= 15 is 0 Å². The zero-order chi connectivity index (χ0) is 11.3. The molecule has 0 N–H and O–H groups in total. The normalized spacial score (nSPS) is 11.9. The molecule has 3 heteroatoms. The van der Waals surface area contributed by atoms with Crippen LogP contribution in [0.2, 0.25) is 0 Å². The number of nitriles is 1. The van der Waals surface area contributed by atoms with Crippen LogP contribution in [0.4, 0.5) is 0 Å². The van der Waals surface area contributed by atoms with E-state index in [1.165, 1.54) is 0 Å². The minimum atomic E-state index is 0.415. The number of aryl methyl sites for hydroxylation is 1. The summed E-state index contributed by atoms with van der Waals surface area (Å²) < 4.78 is 5.63. The van der Waals surface area contributed by atoms with Gasteiger partial charge in [0, 0.05) is 0 Å². The molecular formula is C12H15NOS. The van der Waals surface area contributed by atoms with Crippen molar-refractivity contribution in [1.29, 1.82) is 5.26 Å². The van der Waals surface area contributed by atoms with Crippen molar-refractivity contribution in [3.8, 4) is 11.8 Å². The molecule has 80 valence electrons. The maximum Gasteiger partial charge on any atom is 0.123 e. The third kappa shape index (κ3) is 3.49. The quantitative estimate of drug-likeness (QED) is 0.793. The Morgan fingerprint density at radius 3 is 2.87 bits per heavy atom. The van der Waals surface area contributed by atoms with Gasteiger partial charge in [-0.05, 0) is 36.3 Å². The van der Waals surface area contributed by atoms with Gasteiger partial charge in [0.05, 0.1) is 18.2 Å². The highest BCUT2D eigenvalue weighted by Crippen LogP contribution is 2.19. The van der Waals surface area contributed by atoms with Crippen LogP contribution < -0.4 is 4.74 Å². The molecule has 0 aliphatic heterocycles. The fraction of sp³-hybridized carbons (Fsp3) is 0.417. The molecule has 15 heavy (non-hydrogen) atoms. The molecule has 0 aliphatic rings. The van der Waals surface area contributed by atoms with Crippen LogP contribution in [-0.2, 0) is 0 Å². The van der Waals surface area contributed by atoms with Crippen LogP contribution in [0.25, 0.3) is 0 Å². The maximum atomic E-state index is 8.76. The van der Waals surface area contributed by atoms with Crippen molar-refractivity contribution >= 4 is 12.6 Å². The molecule has 0 saturated heterocycles. The summed E-state index contributed by atoms with van der Waals surface area (Å²) in [4.78, 5) is 0. The smallest absolute Gasteiger partial charge is 0.123 e. The standard InChI is InChI=1S/C12H15NOS/c1-9(8-15)7-14-12-5-11(6-13)4-3-10(12)2/h3-5,9,15H,7-8H2,1-2H3. The predicted molar refractivity (Wildman–Crippen MR) is 64.4 cm³/mol. The lowest BCUT2D eigenvalue weighted by atomic mass is 10.1. The van der Waals surface area contributed by atoms with Gasteiger partial charge in [-0.1, -0.05) is 13.0 Å². The maximum absolute atomic E-state index is 8.76. The molecule has 1 aromatic carbocycles. The largest absolute Gasteiger partial charge is 0.493 e. The predicted octanol–water partition coefficient (Wildman–Crippen LogP) is 2.81. The summed E-state index contributed by atoms with van der Waals surface area (Å²) in [6.07, 6.45) is 0. The van der Waals surface area contributed by atoms with Crippen LogP contribution in [0.15, 0.2) is 18.2 Å². The van der Waals surface area contributed by atoms with Gasteiger partial charge in [0.15, 0.2) is 0 Å². The lowest BCUT2D eigenvalue weighted by Gasteiger charge is -2.12. The summed E-state index contributed by atoms with van der Waals surface area (Å²) >= 11 is 4.19. The molecule has 1 aromatic rings. The second-order valence-electron chi connectivity index (χ2n) is 3.69. The summed E-state index contributed by atoms with van der Waals surface area (Å²) in [7, 11) is 0. The van der Waals surface area contributed by atoms with Gasteiger partial charge in [0.2, 0.25) is 0 Å². The van der Waals surface area contributed by atoms with Crippen molar-refractivity contribution in [3.05, 3.63) is 29.3 Å². The lowest BCUT2D eigenvalue weighted by Crippen LogP contribution is -2.10. The van der Waals surface area contributed by atoms with Crippen molar-refractivity contribution in [1.82, 2.24) is 0 Å². The first kappa shape index (κ1) is 11.9. The van der Waals surface area contributed by atoms with Gasteiger partial charge in [-0.2, -0.15) is 17.9 Å². The molecule has 2 nitrogen and oxygen atoms in total. The van der Waals surface area contributed by atoms with E-state index in [0.29, 0.717) is 18.1 Å². The molecule has 1 rings (SSSR count). The van der Waals surface area contributed by atoms with E-state index in [1.54, 1.807) is 12.1 Å². The highest BCUT2D eigenvalue weighted by atomic mass is 32.1. The van der Waals surface area contributed by atoms with Gasteiger partial charge in [0.1, 0.15) is 5.75 Å². The summed E-state index contributed by atoms with van der Waals surface area (Å²) in [5, 5.41) is 8.76. The van der Waals surface area contributed by atoms with E-state index < -0.39 is 0 Å². The van der Waals surface area contributed by atoms with Crippen molar-refractivity contribution in [2.75, 3.05) is 12.4 Å². The molecule has 0 amide bonds. The van der Waals surface area contributed by atoms with Gasteiger partial charge in [0.25, 0.3) is 0 Å². The molecule has 0 radical (unpaired) electrons. The molecule has 1 unspecified atom stereocenters. The Labute approximate surface area is 96.3 Å². The van der Waals surface area contributed by atoms with Gasteiger partial charge in [-0.25, -0.2) is 0 Å². The van der Waals surface area contributed by atoms with Gasteiger partial charge in [-0.15, -0.1) is 0 Å². The molecule has 0 fully saturated rings. The van der Waals surface area contributed by atoms with E-state index in [0.717, 1.165) is 17.1 Å². The molecule has 0 heterocycles. The number of benzene rings is 1. The fourth-order valence-electron chi connectivity index (χ4n) is 1.11. The minimum absolute atomic E-state index is 0.415. The van der Waals surface area contributed by atoms with Crippen molar-refractivity contribution in [2.45, 2.75) is 13.8 Å². The van der Waals surface area contributed by atoms with Crippen LogP contribution in [0.1, 0.15) is 18.1 Å². The van der Waals surface area contributed by atoms with Gasteiger partial charge < -0.3 is 4.74 Å². The summed E-state index contributed by atoms with van der Waals surface area (Å²) in [6.45, 7) is 4.69. The Bertz CT molecular complexity index is 370. The third-order valence-corrected chi connectivity index (χ3v) is 2.78. The highest BCUT2D eigenvalue weighted by molar-refractivity contribution is 7.80. The Balaban J connectivity index is 2.72. The van der Waals surface area contributed by atoms with E-state index in [-0.39, 0.29) is 0 Å². The fourth-order valence-corrected chi connectivity index (χ4v) is 1.22. The number of nitrogens with zero attached hydrogens (tertiary/aromatic N) is 1. The average molecular weight is 221 g/mol. The molecule has 0 bridgehead atoms. The number of hydrogen-bond donors (Lipinski definition) is 1. The van der Waals surface area contributed by atoms with Crippen LogP contribution in [0.5, 0.6) is 5.75 Å². The Hall–Kier alpha value is -1.14. The second kappa shape index (κ2) is 5.67. The molecular weight excluding hydrogens is 206 g/mol. The van der Waals surface area contributed by atoms with Crippen molar-refractivity contribution in [2.24, 2.45) is 5.92 Å². The van der Waals surface area contributed by atoms with Crippen molar-refractivity contribution < 1.29 is 4.74 Å². The van der Waals surface area contributed by atoms with Crippen LogP contribution in [-0.4, -0.2) is 12.4 Å². The lowest BCUT2D eigenvalue weighted by molar-refractivity contribution is 0.272. The summed E-state index contributed by atoms with van der Waals surface area (Å²) in [5.74, 6) is 2.01. The van der Waals surface area contributed by atoms with Gasteiger partial charge >= 0.3 is 0 Å². The van der Waals surface area contributed by atoms with Crippen LogP contribution in [0.3, 0.4) is 0 Å². The third-order valence-electron chi connectivity index (χ3n) is 2.15. The van der Waals surface area contributed by atoms with E-state index in [9.17, 15) is 0 Å². The Kier molecular flexibility index (Phi) is 4.51. The number of ether oxygens (including phenoxy) is 1. The first-order valence-electron chi connectivity index (χ1n) is 4.91. The Morgan fingerprint density at radius 1 is 1.53 bits per heavy atom. The van der Waals surface area contributed by atoms with Crippen LogP contribution in [0, 0.1) is 24.2 Å². The number of thiol groups is 1. The molecule has 0 saturated carbocycles. The summed E-state index contributed by atoms with van der Waals surface area (Å²) in [6, 6.07) is 7.58. The van der Waals surface area contributed by atoms with Crippen molar-refractivity contribution in [3.63, 3.8) is 0 Å². The molecule has 1 atom stereocenters. The van der Waals surface area contributed by atoms with Crippen LogP contribution >= 0.6 is 12.6 Å². The summed E-state index contributed by atoms with van der Waals surface area (Å²) in [5.41, 5.74) is 1.69. The van der Waals surface area contributed by atoms with E-state index in [1.807, 2.05) is 13.0 Å². The highest BCUT2D eigenvalue weighted by Gasteiger charge is 2.04. The zero-order valence-corrected chi connectivity index (χ0v) is 9.92. The zero-order valence-electron chi connectivity index (χ0n) is 9.03. The first-order valence-corrected chi connectivity index (χ1v) is 5.55. The minimum Gasteiger partial charge on any atom is -0.493 e. The average Bonchev–Trinajstić information content (AvgIpc) is 2.27. The second-order valence-corrected chi connectivity index (χ2v) is 4.06. The number of hydrogen-bond acceptors (Lipinski definition) is 3. The van der Waals surface area contributed by atoms with E-state index in [4.69, 9.17) is 10.00 Å². The monoisotopic (exact) mass is 221 g/mol. The molecule has 0 aliphatic carbocycles. The SMILES string of the molecule is Cc1ccc(C#N)cc1OCC(C)CS. The topological polar surface area (TPSA) is 33.0 Å². The van der Waals surface area contributed by atoms with Gasteiger partial charge in [-0.3, -0.25) is 0 Å². The first-order chi connectivity index (χ1) is 7.17. The Morgan fingerprint density at radius 2 is 2.27 bits per heavy atom. The molecule has 0 aromatic heterocycles.